The smallest absolute Gasteiger partial charge is 0.251 e. The molecular formula is C24H20N2O3. The number of aromatic nitrogens is 1. The highest BCUT2D eigenvalue weighted by atomic mass is 16.5. The minimum Gasteiger partial charge on any atom is -0.508 e. The number of pyridine rings is 1. The summed E-state index contributed by atoms with van der Waals surface area (Å²) in [5, 5.41) is 13.2. The number of hydrogen-bond acceptors (Lipinski definition) is 4. The first-order valence-corrected chi connectivity index (χ1v) is 9.32. The fourth-order valence-corrected chi connectivity index (χ4v) is 3.00. The van der Waals surface area contributed by atoms with Crippen molar-refractivity contribution in [3.05, 3.63) is 102 Å². The van der Waals surface area contributed by atoms with Crippen molar-refractivity contribution in [1.82, 2.24) is 10.3 Å². The van der Waals surface area contributed by atoms with Gasteiger partial charge in [0.05, 0.1) is 12.2 Å². The molecule has 3 aromatic carbocycles. The van der Waals surface area contributed by atoms with Gasteiger partial charge in [-0.05, 0) is 42.0 Å². The van der Waals surface area contributed by atoms with Crippen LogP contribution in [0.15, 0.2) is 84.9 Å². The van der Waals surface area contributed by atoms with Crippen molar-refractivity contribution in [1.29, 1.82) is 0 Å². The molecule has 4 rings (SSSR count). The van der Waals surface area contributed by atoms with Crippen LogP contribution in [0.3, 0.4) is 0 Å². The van der Waals surface area contributed by atoms with Crippen molar-refractivity contribution in [2.45, 2.75) is 13.2 Å². The molecule has 0 unspecified atom stereocenters. The predicted molar refractivity (Wildman–Crippen MR) is 112 cm³/mol. The highest BCUT2D eigenvalue weighted by Crippen LogP contribution is 2.25. The van der Waals surface area contributed by atoms with Crippen molar-refractivity contribution >= 4 is 16.8 Å². The van der Waals surface area contributed by atoms with Gasteiger partial charge in [0.2, 0.25) is 0 Å². The molecule has 29 heavy (non-hydrogen) atoms. The lowest BCUT2D eigenvalue weighted by molar-refractivity contribution is 0.0950. The van der Waals surface area contributed by atoms with Crippen LogP contribution in [-0.2, 0) is 13.2 Å². The topological polar surface area (TPSA) is 71.5 Å². The van der Waals surface area contributed by atoms with Crippen LogP contribution in [0, 0.1) is 0 Å². The van der Waals surface area contributed by atoms with E-state index in [-0.39, 0.29) is 11.7 Å². The molecule has 5 nitrogen and oxygen atoms in total. The van der Waals surface area contributed by atoms with E-state index < -0.39 is 0 Å². The molecule has 0 spiro atoms. The zero-order valence-electron chi connectivity index (χ0n) is 15.7. The number of nitrogens with zero attached hydrogens (tertiary/aromatic N) is 1. The molecule has 0 aliphatic carbocycles. The van der Waals surface area contributed by atoms with Gasteiger partial charge in [0.15, 0.2) is 0 Å². The second-order valence-electron chi connectivity index (χ2n) is 6.63. The number of fused-ring (bicyclic) bond motifs is 1. The van der Waals surface area contributed by atoms with Gasteiger partial charge in [-0.25, -0.2) is 4.98 Å². The van der Waals surface area contributed by atoms with Gasteiger partial charge in [0.25, 0.3) is 5.91 Å². The van der Waals surface area contributed by atoms with Crippen LogP contribution in [0.4, 0.5) is 0 Å². The third kappa shape index (κ3) is 4.52. The van der Waals surface area contributed by atoms with Gasteiger partial charge in [-0.15, -0.1) is 0 Å². The summed E-state index contributed by atoms with van der Waals surface area (Å²) in [4.78, 5) is 17.0. The molecule has 144 valence electrons. The van der Waals surface area contributed by atoms with E-state index in [2.05, 4.69) is 10.3 Å². The van der Waals surface area contributed by atoms with Gasteiger partial charge in [0, 0.05) is 10.9 Å². The molecular weight excluding hydrogens is 364 g/mol. The number of carbonyl (C=O) groups is 1. The highest BCUT2D eigenvalue weighted by Gasteiger charge is 2.08. The van der Waals surface area contributed by atoms with E-state index in [0.717, 1.165) is 22.2 Å². The number of benzene rings is 3. The van der Waals surface area contributed by atoms with Crippen LogP contribution in [0.2, 0.25) is 0 Å². The molecule has 1 aromatic heterocycles. The number of phenols is 1. The Kier molecular flexibility index (Phi) is 5.38. The molecule has 0 radical (unpaired) electrons. The largest absolute Gasteiger partial charge is 0.508 e. The minimum absolute atomic E-state index is 0.126. The maximum absolute atomic E-state index is 12.3. The quantitative estimate of drug-likeness (QED) is 0.515. The van der Waals surface area contributed by atoms with Gasteiger partial charge in [-0.2, -0.15) is 0 Å². The molecule has 0 saturated heterocycles. The van der Waals surface area contributed by atoms with E-state index in [9.17, 15) is 9.90 Å². The summed E-state index contributed by atoms with van der Waals surface area (Å²) in [6.07, 6.45) is 0. The van der Waals surface area contributed by atoms with Crippen molar-refractivity contribution < 1.29 is 14.6 Å². The van der Waals surface area contributed by atoms with Crippen LogP contribution in [0.25, 0.3) is 10.9 Å². The molecule has 0 bridgehead atoms. The molecule has 0 atom stereocenters. The van der Waals surface area contributed by atoms with Crippen molar-refractivity contribution in [2.24, 2.45) is 0 Å². The number of rotatable bonds is 6. The summed E-state index contributed by atoms with van der Waals surface area (Å²) < 4.78 is 5.99. The van der Waals surface area contributed by atoms with E-state index >= 15 is 0 Å². The molecule has 0 fully saturated rings. The number of phenolic OH excluding ortho intramolecular Hbond substituents is 1. The second kappa shape index (κ2) is 8.44. The number of nitrogens with one attached hydrogen (secondary N) is 1. The van der Waals surface area contributed by atoms with Crippen LogP contribution in [0.1, 0.15) is 21.6 Å². The Labute approximate surface area is 168 Å². The average molecular weight is 384 g/mol. The zero-order chi connectivity index (χ0) is 20.1. The number of para-hydroxylation sites is 1. The summed E-state index contributed by atoms with van der Waals surface area (Å²) in [5.41, 5.74) is 3.07. The Hall–Kier alpha value is -3.86. The van der Waals surface area contributed by atoms with Crippen molar-refractivity contribution in [2.75, 3.05) is 0 Å². The Bertz CT molecular complexity index is 1130. The molecule has 5 heteroatoms. The first kappa shape index (κ1) is 18.5. The Balaban J connectivity index is 1.49. The number of hydrogen-bond donors (Lipinski definition) is 2. The number of amides is 1. The molecule has 1 heterocycles. The number of carbonyl (C=O) groups excluding carboxylic acids is 1. The molecule has 2 N–H and O–H groups in total. The van der Waals surface area contributed by atoms with Gasteiger partial charge < -0.3 is 15.2 Å². The van der Waals surface area contributed by atoms with E-state index in [4.69, 9.17) is 4.74 Å². The Morgan fingerprint density at radius 2 is 1.69 bits per heavy atom. The lowest BCUT2D eigenvalue weighted by atomic mass is 10.1. The first-order valence-electron chi connectivity index (χ1n) is 9.32. The van der Waals surface area contributed by atoms with Crippen LogP contribution in [-0.4, -0.2) is 16.0 Å². The summed E-state index contributed by atoms with van der Waals surface area (Å²) >= 11 is 0. The minimum atomic E-state index is -0.222. The highest BCUT2D eigenvalue weighted by molar-refractivity contribution is 5.94. The van der Waals surface area contributed by atoms with Crippen LogP contribution < -0.4 is 10.1 Å². The standard InChI is InChI=1S/C24H20N2O3/c27-21-13-10-19(11-14-21)24(28)25-15-20-12-9-18-7-4-8-22(23(18)26-20)29-16-17-5-2-1-3-6-17/h1-14,27H,15-16H2,(H,25,28). The normalized spacial score (nSPS) is 10.6. The van der Waals surface area contributed by atoms with Gasteiger partial charge in [-0.3, -0.25) is 4.79 Å². The zero-order valence-corrected chi connectivity index (χ0v) is 15.7. The van der Waals surface area contributed by atoms with E-state index in [1.807, 2.05) is 60.7 Å². The van der Waals surface area contributed by atoms with Crippen LogP contribution >= 0.6 is 0 Å². The third-order valence-electron chi connectivity index (χ3n) is 4.54. The first-order chi connectivity index (χ1) is 14.2. The Morgan fingerprint density at radius 3 is 2.48 bits per heavy atom. The van der Waals surface area contributed by atoms with Gasteiger partial charge >= 0.3 is 0 Å². The van der Waals surface area contributed by atoms with Crippen LogP contribution in [0.5, 0.6) is 11.5 Å². The second-order valence-corrected chi connectivity index (χ2v) is 6.63. The fourth-order valence-electron chi connectivity index (χ4n) is 3.00. The number of ether oxygens (including phenoxy) is 1. The lowest BCUT2D eigenvalue weighted by Gasteiger charge is -2.11. The summed E-state index contributed by atoms with van der Waals surface area (Å²) in [5.74, 6) is 0.611. The van der Waals surface area contributed by atoms with E-state index in [1.165, 1.54) is 12.1 Å². The van der Waals surface area contributed by atoms with E-state index in [0.29, 0.717) is 24.5 Å². The summed E-state index contributed by atoms with van der Waals surface area (Å²) in [6, 6.07) is 25.8. The molecule has 0 aliphatic rings. The molecule has 4 aromatic rings. The lowest BCUT2D eigenvalue weighted by Crippen LogP contribution is -2.23. The molecule has 1 amide bonds. The number of aromatic hydroxyl groups is 1. The predicted octanol–water partition coefficient (Wildman–Crippen LogP) is 4.45. The average Bonchev–Trinajstić information content (AvgIpc) is 2.77. The SMILES string of the molecule is O=C(NCc1ccc2cccc(OCc3ccccc3)c2n1)c1ccc(O)cc1. The van der Waals surface area contributed by atoms with Gasteiger partial charge in [-0.1, -0.05) is 48.5 Å². The maximum Gasteiger partial charge on any atom is 0.251 e. The summed E-state index contributed by atoms with van der Waals surface area (Å²) in [7, 11) is 0. The maximum atomic E-state index is 12.3. The monoisotopic (exact) mass is 384 g/mol. The molecule has 0 aliphatic heterocycles. The van der Waals surface area contributed by atoms with Gasteiger partial charge in [0.1, 0.15) is 23.6 Å². The third-order valence-corrected chi connectivity index (χ3v) is 4.54. The van der Waals surface area contributed by atoms with Crippen molar-refractivity contribution in [3.63, 3.8) is 0 Å². The Morgan fingerprint density at radius 1 is 0.897 bits per heavy atom. The van der Waals surface area contributed by atoms with E-state index in [1.54, 1.807) is 12.1 Å². The fraction of sp³-hybridized carbons (Fsp3) is 0.0833. The molecule has 0 saturated carbocycles. The van der Waals surface area contributed by atoms with Crippen molar-refractivity contribution in [3.8, 4) is 11.5 Å². The summed E-state index contributed by atoms with van der Waals surface area (Å²) in [6.45, 7) is 0.756.